The highest BCUT2D eigenvalue weighted by Crippen LogP contribution is 2.31. The fourth-order valence-corrected chi connectivity index (χ4v) is 3.37. The number of carbonyl (C=O) groups excluding carboxylic acids is 1. The van der Waals surface area contributed by atoms with Crippen LogP contribution >= 0.6 is 0 Å². The number of nitrogens with one attached hydrogen (secondary N) is 1. The highest BCUT2D eigenvalue weighted by molar-refractivity contribution is 6.06. The molecule has 5 heteroatoms. The maximum Gasteiger partial charge on any atom is 0.255 e. The smallest absolute Gasteiger partial charge is 0.255 e. The Morgan fingerprint density at radius 2 is 1.82 bits per heavy atom. The summed E-state index contributed by atoms with van der Waals surface area (Å²) in [5.41, 5.74) is 2.48. The zero-order valence-corrected chi connectivity index (χ0v) is 16.9. The fraction of sp³-hybridized carbons (Fsp3) is 0.435. The minimum absolute atomic E-state index is 0.146. The normalized spacial score (nSPS) is 13.4. The van der Waals surface area contributed by atoms with Crippen LogP contribution in [0.4, 0.5) is 11.4 Å². The number of amides is 1. The molecule has 150 valence electrons. The molecule has 1 aliphatic rings. The summed E-state index contributed by atoms with van der Waals surface area (Å²) >= 11 is 0. The molecule has 0 aromatic heterocycles. The molecule has 0 atom stereocenters. The highest BCUT2D eigenvalue weighted by Gasteiger charge is 2.18. The van der Waals surface area contributed by atoms with Crippen LogP contribution in [0.1, 0.15) is 49.9 Å². The molecule has 0 bridgehead atoms. The summed E-state index contributed by atoms with van der Waals surface area (Å²) in [6.45, 7) is 7.28. The number of carbonyl (C=O) groups is 1. The van der Waals surface area contributed by atoms with Crippen molar-refractivity contribution in [1.29, 1.82) is 0 Å². The summed E-state index contributed by atoms with van der Waals surface area (Å²) < 4.78 is 11.5. The number of benzene rings is 2. The van der Waals surface area contributed by atoms with E-state index in [0.29, 0.717) is 30.3 Å². The molecule has 0 saturated carbocycles. The molecule has 1 fully saturated rings. The van der Waals surface area contributed by atoms with E-state index in [-0.39, 0.29) is 5.91 Å². The zero-order valence-electron chi connectivity index (χ0n) is 16.9. The Labute approximate surface area is 167 Å². The van der Waals surface area contributed by atoms with E-state index >= 15 is 0 Å². The van der Waals surface area contributed by atoms with E-state index in [9.17, 15) is 4.79 Å². The molecule has 0 unspecified atom stereocenters. The van der Waals surface area contributed by atoms with Crippen LogP contribution in [0.3, 0.4) is 0 Å². The third-order valence-corrected chi connectivity index (χ3v) is 4.86. The Bertz CT molecular complexity index is 785. The van der Waals surface area contributed by atoms with Gasteiger partial charge in [0.05, 0.1) is 24.6 Å². The van der Waals surface area contributed by atoms with Crippen molar-refractivity contribution in [2.45, 2.75) is 39.5 Å². The molecule has 5 nitrogen and oxygen atoms in total. The molecule has 1 saturated heterocycles. The van der Waals surface area contributed by atoms with Gasteiger partial charge in [-0.1, -0.05) is 25.5 Å². The van der Waals surface area contributed by atoms with Crippen molar-refractivity contribution in [2.24, 2.45) is 0 Å². The van der Waals surface area contributed by atoms with E-state index < -0.39 is 0 Å². The van der Waals surface area contributed by atoms with Crippen LogP contribution in [-0.4, -0.2) is 32.2 Å². The summed E-state index contributed by atoms with van der Waals surface area (Å²) in [4.78, 5) is 15.2. The lowest BCUT2D eigenvalue weighted by molar-refractivity contribution is 0.102. The monoisotopic (exact) mass is 382 g/mol. The van der Waals surface area contributed by atoms with E-state index in [1.54, 1.807) is 12.1 Å². The average Bonchev–Trinajstić information content (AvgIpc) is 3.24. The van der Waals surface area contributed by atoms with Gasteiger partial charge in [-0.15, -0.1) is 0 Å². The molecule has 2 aromatic rings. The van der Waals surface area contributed by atoms with Crippen LogP contribution in [0.5, 0.6) is 11.5 Å². The standard InChI is InChI=1S/C23H30N2O3/c1-3-5-16-28-21-13-12-18(17-22(21)27-4-2)23(26)24-19-10-6-7-11-20(19)25-14-8-9-15-25/h6-7,10-13,17H,3-5,8-9,14-16H2,1-2H3,(H,24,26). The first-order valence-corrected chi connectivity index (χ1v) is 10.3. The maximum atomic E-state index is 12.9. The van der Waals surface area contributed by atoms with Gasteiger partial charge in [-0.05, 0) is 56.5 Å². The molecule has 0 radical (unpaired) electrons. The van der Waals surface area contributed by atoms with Crippen molar-refractivity contribution in [3.05, 3.63) is 48.0 Å². The number of unbranched alkanes of at least 4 members (excludes halogenated alkanes) is 1. The third kappa shape index (κ3) is 4.97. The second-order valence-corrected chi connectivity index (χ2v) is 6.96. The fourth-order valence-electron chi connectivity index (χ4n) is 3.37. The number of rotatable bonds is 9. The number of hydrogen-bond donors (Lipinski definition) is 1. The van der Waals surface area contributed by atoms with Gasteiger partial charge in [0.15, 0.2) is 11.5 Å². The summed E-state index contributed by atoms with van der Waals surface area (Å²) in [6, 6.07) is 13.4. The third-order valence-electron chi connectivity index (χ3n) is 4.86. The molecule has 2 aromatic carbocycles. The van der Waals surface area contributed by atoms with Crippen molar-refractivity contribution in [3.63, 3.8) is 0 Å². The highest BCUT2D eigenvalue weighted by atomic mass is 16.5. The predicted octanol–water partition coefficient (Wildman–Crippen LogP) is 5.12. The Morgan fingerprint density at radius 3 is 2.57 bits per heavy atom. The Balaban J connectivity index is 1.76. The first-order chi connectivity index (χ1) is 13.7. The van der Waals surface area contributed by atoms with E-state index in [1.807, 2.05) is 31.2 Å². The van der Waals surface area contributed by atoms with Gasteiger partial charge in [0.25, 0.3) is 5.91 Å². The molecule has 0 spiro atoms. The van der Waals surface area contributed by atoms with Gasteiger partial charge in [-0.3, -0.25) is 4.79 Å². The van der Waals surface area contributed by atoms with Crippen molar-refractivity contribution >= 4 is 17.3 Å². The Morgan fingerprint density at radius 1 is 1.04 bits per heavy atom. The van der Waals surface area contributed by atoms with E-state index in [1.165, 1.54) is 12.8 Å². The van der Waals surface area contributed by atoms with Gasteiger partial charge in [0.1, 0.15) is 0 Å². The predicted molar refractivity (Wildman–Crippen MR) is 114 cm³/mol. The molecule has 0 aliphatic carbocycles. The SMILES string of the molecule is CCCCOc1ccc(C(=O)Nc2ccccc2N2CCCC2)cc1OCC. The molecule has 28 heavy (non-hydrogen) atoms. The minimum atomic E-state index is -0.146. The molecule has 1 heterocycles. The van der Waals surface area contributed by atoms with Gasteiger partial charge >= 0.3 is 0 Å². The van der Waals surface area contributed by atoms with Crippen molar-refractivity contribution in [3.8, 4) is 11.5 Å². The molecule has 3 rings (SSSR count). The quantitative estimate of drug-likeness (QED) is 0.612. The number of para-hydroxylation sites is 2. The van der Waals surface area contributed by atoms with Crippen LogP contribution in [0.2, 0.25) is 0 Å². The topological polar surface area (TPSA) is 50.8 Å². The van der Waals surface area contributed by atoms with Crippen LogP contribution in [0, 0.1) is 0 Å². The lowest BCUT2D eigenvalue weighted by Crippen LogP contribution is -2.21. The summed E-state index contributed by atoms with van der Waals surface area (Å²) in [5.74, 6) is 1.15. The molecule has 1 N–H and O–H groups in total. The first kappa shape index (κ1) is 20.1. The van der Waals surface area contributed by atoms with Crippen LogP contribution < -0.4 is 19.7 Å². The largest absolute Gasteiger partial charge is 0.490 e. The van der Waals surface area contributed by atoms with E-state index in [4.69, 9.17) is 9.47 Å². The molecular formula is C23H30N2O3. The lowest BCUT2D eigenvalue weighted by atomic mass is 10.1. The molecule has 1 aliphatic heterocycles. The van der Waals surface area contributed by atoms with Crippen molar-refractivity contribution < 1.29 is 14.3 Å². The second-order valence-electron chi connectivity index (χ2n) is 6.96. The number of nitrogens with zero attached hydrogens (tertiary/aromatic N) is 1. The number of ether oxygens (including phenoxy) is 2. The Hall–Kier alpha value is -2.69. The lowest BCUT2D eigenvalue weighted by Gasteiger charge is -2.21. The van der Waals surface area contributed by atoms with Gasteiger partial charge in [-0.2, -0.15) is 0 Å². The zero-order chi connectivity index (χ0) is 19.8. The van der Waals surface area contributed by atoms with Crippen molar-refractivity contribution in [1.82, 2.24) is 0 Å². The maximum absolute atomic E-state index is 12.9. The van der Waals surface area contributed by atoms with Gasteiger partial charge in [-0.25, -0.2) is 0 Å². The molecular weight excluding hydrogens is 352 g/mol. The summed E-state index contributed by atoms with van der Waals surface area (Å²) in [5, 5.41) is 3.07. The summed E-state index contributed by atoms with van der Waals surface area (Å²) in [7, 11) is 0. The molecule has 1 amide bonds. The van der Waals surface area contributed by atoms with Gasteiger partial charge in [0.2, 0.25) is 0 Å². The summed E-state index contributed by atoms with van der Waals surface area (Å²) in [6.07, 6.45) is 4.45. The number of anilines is 2. The average molecular weight is 383 g/mol. The second kappa shape index (κ2) is 10.0. The van der Waals surface area contributed by atoms with Crippen molar-refractivity contribution in [2.75, 3.05) is 36.5 Å². The Kier molecular flexibility index (Phi) is 7.18. The van der Waals surface area contributed by atoms with Gasteiger partial charge in [0, 0.05) is 18.7 Å². The van der Waals surface area contributed by atoms with Crippen LogP contribution in [0.15, 0.2) is 42.5 Å². The van der Waals surface area contributed by atoms with E-state index in [2.05, 4.69) is 23.2 Å². The number of hydrogen-bond acceptors (Lipinski definition) is 4. The minimum Gasteiger partial charge on any atom is -0.490 e. The van der Waals surface area contributed by atoms with E-state index in [0.717, 1.165) is 37.3 Å². The first-order valence-electron chi connectivity index (χ1n) is 10.3. The van der Waals surface area contributed by atoms with Crippen LogP contribution in [-0.2, 0) is 0 Å². The van der Waals surface area contributed by atoms with Crippen LogP contribution in [0.25, 0.3) is 0 Å². The van der Waals surface area contributed by atoms with Gasteiger partial charge < -0.3 is 19.7 Å².